The summed E-state index contributed by atoms with van der Waals surface area (Å²) >= 11 is 0. The Morgan fingerprint density at radius 1 is 1.43 bits per heavy atom. The Hall–Kier alpha value is -1.96. The number of anilines is 2. The quantitative estimate of drug-likeness (QED) is 0.647. The lowest BCUT2D eigenvalue weighted by molar-refractivity contribution is -0.385. The van der Waals surface area contributed by atoms with Crippen molar-refractivity contribution in [3.05, 3.63) is 15.8 Å². The van der Waals surface area contributed by atoms with E-state index in [1.54, 1.807) is 14.0 Å². The van der Waals surface area contributed by atoms with Crippen LogP contribution in [0.4, 0.5) is 17.5 Å². The minimum Gasteiger partial charge on any atom is -0.375 e. The molecule has 1 aromatic rings. The van der Waals surface area contributed by atoms with Gasteiger partial charge in [0.05, 0.1) is 10.5 Å². The molecule has 0 aliphatic carbocycles. The van der Waals surface area contributed by atoms with Gasteiger partial charge in [0.2, 0.25) is 11.8 Å². The third-order valence-electron chi connectivity index (χ3n) is 3.50. The monoisotopic (exact) mass is 295 g/mol. The van der Waals surface area contributed by atoms with Crippen molar-refractivity contribution in [3.63, 3.8) is 0 Å². The maximum absolute atomic E-state index is 11.3. The number of hydrogen-bond donors (Lipinski definition) is 2. The van der Waals surface area contributed by atoms with Crippen molar-refractivity contribution in [2.75, 3.05) is 24.3 Å². The zero-order chi connectivity index (χ0) is 15.6. The molecule has 1 aliphatic rings. The first-order chi connectivity index (χ1) is 9.82. The van der Waals surface area contributed by atoms with Gasteiger partial charge in [-0.1, -0.05) is 0 Å². The van der Waals surface area contributed by atoms with E-state index in [2.05, 4.69) is 20.6 Å². The van der Waals surface area contributed by atoms with Crippen LogP contribution < -0.4 is 10.6 Å². The van der Waals surface area contributed by atoms with Crippen LogP contribution >= 0.6 is 0 Å². The Morgan fingerprint density at radius 3 is 2.71 bits per heavy atom. The molecule has 0 spiro atoms. The summed E-state index contributed by atoms with van der Waals surface area (Å²) in [6.07, 6.45) is 1.56. The predicted octanol–water partition coefficient (Wildman–Crippen LogP) is 2.10. The Morgan fingerprint density at radius 2 is 2.14 bits per heavy atom. The van der Waals surface area contributed by atoms with E-state index in [1.165, 1.54) is 0 Å². The number of nitrogens with one attached hydrogen (secondary N) is 2. The van der Waals surface area contributed by atoms with Crippen molar-refractivity contribution in [1.29, 1.82) is 0 Å². The van der Waals surface area contributed by atoms with Gasteiger partial charge in [0.1, 0.15) is 5.69 Å². The van der Waals surface area contributed by atoms with Crippen molar-refractivity contribution in [1.82, 2.24) is 9.97 Å². The first-order valence-corrected chi connectivity index (χ1v) is 6.93. The molecule has 1 unspecified atom stereocenters. The average molecular weight is 295 g/mol. The number of nitrogens with zero attached hydrogens (tertiary/aromatic N) is 3. The first-order valence-electron chi connectivity index (χ1n) is 6.93. The molecule has 1 aromatic heterocycles. The maximum Gasteiger partial charge on any atom is 0.332 e. The average Bonchev–Trinajstić information content (AvgIpc) is 2.36. The SMILES string of the molecule is CNc1nc(C)c([N+](=O)[O-])c(NC2CCOC(C)(C)C2)n1. The fraction of sp³-hybridized carbons (Fsp3) is 0.692. The topological polar surface area (TPSA) is 102 Å². The second-order valence-corrected chi connectivity index (χ2v) is 5.78. The van der Waals surface area contributed by atoms with Crippen molar-refractivity contribution in [3.8, 4) is 0 Å². The maximum atomic E-state index is 11.3. The summed E-state index contributed by atoms with van der Waals surface area (Å²) in [6, 6.07) is 0.0893. The fourth-order valence-electron chi connectivity index (χ4n) is 2.55. The molecule has 116 valence electrons. The predicted molar refractivity (Wildman–Crippen MR) is 79.6 cm³/mol. The molecule has 2 rings (SSSR count). The Kier molecular flexibility index (Phi) is 4.26. The number of rotatable bonds is 4. The summed E-state index contributed by atoms with van der Waals surface area (Å²) in [6.45, 7) is 6.26. The lowest BCUT2D eigenvalue weighted by Gasteiger charge is -2.35. The Balaban J connectivity index is 2.29. The highest BCUT2D eigenvalue weighted by atomic mass is 16.6. The van der Waals surface area contributed by atoms with Gasteiger partial charge in [-0.15, -0.1) is 0 Å². The van der Waals surface area contributed by atoms with E-state index in [0.717, 1.165) is 12.8 Å². The van der Waals surface area contributed by atoms with Gasteiger partial charge in [-0.3, -0.25) is 10.1 Å². The molecule has 2 heterocycles. The van der Waals surface area contributed by atoms with Crippen LogP contribution in [-0.4, -0.2) is 40.2 Å². The molecule has 21 heavy (non-hydrogen) atoms. The van der Waals surface area contributed by atoms with Gasteiger partial charge in [0.15, 0.2) is 0 Å². The van der Waals surface area contributed by atoms with Crippen LogP contribution in [-0.2, 0) is 4.74 Å². The summed E-state index contributed by atoms with van der Waals surface area (Å²) in [5, 5.41) is 17.3. The van der Waals surface area contributed by atoms with Gasteiger partial charge >= 0.3 is 5.69 Å². The van der Waals surface area contributed by atoms with E-state index in [4.69, 9.17) is 4.74 Å². The highest BCUT2D eigenvalue weighted by Crippen LogP contribution is 2.31. The summed E-state index contributed by atoms with van der Waals surface area (Å²) in [5.74, 6) is 0.631. The molecule has 1 atom stereocenters. The van der Waals surface area contributed by atoms with Crippen molar-refractivity contribution in [2.45, 2.75) is 45.3 Å². The Labute approximate surface area is 123 Å². The molecule has 0 saturated carbocycles. The molecule has 0 bridgehead atoms. The van der Waals surface area contributed by atoms with Gasteiger partial charge in [0, 0.05) is 19.7 Å². The third-order valence-corrected chi connectivity index (χ3v) is 3.50. The van der Waals surface area contributed by atoms with Crippen LogP contribution in [0.1, 0.15) is 32.4 Å². The second-order valence-electron chi connectivity index (χ2n) is 5.78. The molecule has 0 aromatic carbocycles. The normalized spacial score (nSPS) is 20.9. The number of nitro groups is 1. The van der Waals surface area contributed by atoms with Crippen LogP contribution in [0.15, 0.2) is 0 Å². The standard InChI is InChI=1S/C13H21N5O3/c1-8-10(18(19)20)11(17-12(14-4)15-8)16-9-5-6-21-13(2,3)7-9/h9H,5-7H2,1-4H3,(H2,14,15,16,17). The minimum absolute atomic E-state index is 0.0710. The van der Waals surface area contributed by atoms with Crippen molar-refractivity contribution >= 4 is 17.5 Å². The van der Waals surface area contributed by atoms with Crippen LogP contribution in [0.3, 0.4) is 0 Å². The Bertz CT molecular complexity index is 547. The molecule has 8 nitrogen and oxygen atoms in total. The van der Waals surface area contributed by atoms with Crippen LogP contribution in [0.2, 0.25) is 0 Å². The van der Waals surface area contributed by atoms with Gasteiger partial charge in [-0.05, 0) is 33.6 Å². The number of ether oxygens (including phenoxy) is 1. The molecule has 1 saturated heterocycles. The highest BCUT2D eigenvalue weighted by molar-refractivity contribution is 5.61. The molecule has 1 fully saturated rings. The molecular formula is C13H21N5O3. The van der Waals surface area contributed by atoms with Gasteiger partial charge in [0.25, 0.3) is 0 Å². The number of aromatic nitrogens is 2. The van der Waals surface area contributed by atoms with Crippen LogP contribution in [0, 0.1) is 17.0 Å². The largest absolute Gasteiger partial charge is 0.375 e. The second kappa shape index (κ2) is 5.80. The summed E-state index contributed by atoms with van der Waals surface area (Å²) in [7, 11) is 1.68. The summed E-state index contributed by atoms with van der Waals surface area (Å²) in [5.41, 5.74) is 0.0324. The molecule has 2 N–H and O–H groups in total. The lowest BCUT2D eigenvalue weighted by atomic mass is 9.94. The summed E-state index contributed by atoms with van der Waals surface area (Å²) in [4.78, 5) is 19.1. The summed E-state index contributed by atoms with van der Waals surface area (Å²) < 4.78 is 5.66. The smallest absolute Gasteiger partial charge is 0.332 e. The van der Waals surface area contributed by atoms with Gasteiger partial charge in [-0.25, -0.2) is 4.98 Å². The van der Waals surface area contributed by atoms with Crippen molar-refractivity contribution in [2.24, 2.45) is 0 Å². The molecule has 8 heteroatoms. The van der Waals surface area contributed by atoms with E-state index in [9.17, 15) is 10.1 Å². The third kappa shape index (κ3) is 3.57. The van der Waals surface area contributed by atoms with E-state index in [0.29, 0.717) is 18.2 Å². The zero-order valence-electron chi connectivity index (χ0n) is 12.8. The zero-order valence-corrected chi connectivity index (χ0v) is 12.8. The first kappa shape index (κ1) is 15.4. The fourth-order valence-corrected chi connectivity index (χ4v) is 2.55. The number of hydrogen-bond acceptors (Lipinski definition) is 7. The van der Waals surface area contributed by atoms with E-state index >= 15 is 0 Å². The van der Waals surface area contributed by atoms with Gasteiger partial charge < -0.3 is 15.4 Å². The van der Waals surface area contributed by atoms with E-state index in [-0.39, 0.29) is 23.1 Å². The molecule has 0 radical (unpaired) electrons. The van der Waals surface area contributed by atoms with Crippen molar-refractivity contribution < 1.29 is 9.66 Å². The van der Waals surface area contributed by atoms with E-state index in [1.807, 2.05) is 13.8 Å². The van der Waals surface area contributed by atoms with Crippen LogP contribution in [0.25, 0.3) is 0 Å². The number of aryl methyl sites for hydroxylation is 1. The minimum atomic E-state index is -0.443. The molecule has 1 aliphatic heterocycles. The lowest BCUT2D eigenvalue weighted by Crippen LogP contribution is -2.40. The van der Waals surface area contributed by atoms with Crippen LogP contribution in [0.5, 0.6) is 0 Å². The van der Waals surface area contributed by atoms with E-state index < -0.39 is 4.92 Å². The highest BCUT2D eigenvalue weighted by Gasteiger charge is 2.31. The molecular weight excluding hydrogens is 274 g/mol. The van der Waals surface area contributed by atoms with Gasteiger partial charge in [-0.2, -0.15) is 4.98 Å². The molecule has 0 amide bonds.